The maximum atomic E-state index is 10.7. The number of hydrogen-bond acceptors (Lipinski definition) is 3. The van der Waals surface area contributed by atoms with Crippen molar-refractivity contribution in [1.29, 1.82) is 5.41 Å². The van der Waals surface area contributed by atoms with Gasteiger partial charge in [-0.15, -0.1) is 0 Å². The van der Waals surface area contributed by atoms with Gasteiger partial charge < -0.3 is 15.8 Å². The molecule has 10 heavy (non-hydrogen) atoms. The molecule has 0 fully saturated rings. The zero-order chi connectivity index (χ0) is 8.15. The Hall–Kier alpha value is -1.32. The fourth-order valence-electron chi connectivity index (χ4n) is 0.469. The van der Waals surface area contributed by atoms with Crippen LogP contribution in [0.1, 0.15) is 6.92 Å². The van der Waals surface area contributed by atoms with E-state index in [2.05, 4.69) is 5.32 Å². The third kappa shape index (κ3) is 1.89. The van der Waals surface area contributed by atoms with E-state index in [9.17, 15) is 4.79 Å². The second-order valence-electron chi connectivity index (χ2n) is 1.72. The Morgan fingerprint density at radius 3 is 2.30 bits per heavy atom. The highest BCUT2D eigenvalue weighted by Gasteiger charge is 2.06. The van der Waals surface area contributed by atoms with Crippen molar-refractivity contribution in [1.82, 2.24) is 5.32 Å². The molecule has 0 aliphatic heterocycles. The molecule has 4 heteroatoms. The summed E-state index contributed by atoms with van der Waals surface area (Å²) in [5, 5.41) is 17.8. The van der Waals surface area contributed by atoms with E-state index in [4.69, 9.17) is 10.5 Å². The van der Waals surface area contributed by atoms with Crippen LogP contribution in [-0.4, -0.2) is 24.3 Å². The van der Waals surface area contributed by atoms with Gasteiger partial charge in [-0.05, 0) is 6.92 Å². The summed E-state index contributed by atoms with van der Waals surface area (Å²) < 4.78 is 0. The van der Waals surface area contributed by atoms with Gasteiger partial charge in [0, 0.05) is 13.3 Å². The molecule has 3 N–H and O–H groups in total. The summed E-state index contributed by atoms with van der Waals surface area (Å²) in [6, 6.07) is 0. The Labute approximate surface area is 59.1 Å². The molecule has 4 nitrogen and oxygen atoms in total. The third-order valence-corrected chi connectivity index (χ3v) is 1.01. The zero-order valence-corrected chi connectivity index (χ0v) is 5.93. The van der Waals surface area contributed by atoms with Gasteiger partial charge in [-0.1, -0.05) is 0 Å². The van der Waals surface area contributed by atoms with Gasteiger partial charge in [-0.25, -0.2) is 0 Å². The SMILES string of the molecule is CNC(=O)/C(C=N)=C(\C)O. The van der Waals surface area contributed by atoms with Gasteiger partial charge in [0.2, 0.25) is 0 Å². The van der Waals surface area contributed by atoms with Gasteiger partial charge in [0.1, 0.15) is 5.76 Å². The first-order chi connectivity index (χ1) is 4.63. The van der Waals surface area contributed by atoms with Gasteiger partial charge in [0.05, 0.1) is 5.57 Å². The lowest BCUT2D eigenvalue weighted by Crippen LogP contribution is -2.21. The van der Waals surface area contributed by atoms with E-state index < -0.39 is 5.91 Å². The molecule has 0 bridgehead atoms. The van der Waals surface area contributed by atoms with Crippen LogP contribution in [0.3, 0.4) is 0 Å². The quantitative estimate of drug-likeness (QED) is 0.293. The molecule has 0 saturated carbocycles. The van der Waals surface area contributed by atoms with Crippen molar-refractivity contribution in [3.63, 3.8) is 0 Å². The molecule has 0 aliphatic rings. The topological polar surface area (TPSA) is 73.2 Å². The smallest absolute Gasteiger partial charge is 0.255 e. The van der Waals surface area contributed by atoms with Gasteiger partial charge in [0.25, 0.3) is 5.91 Å². The van der Waals surface area contributed by atoms with Crippen molar-refractivity contribution < 1.29 is 9.90 Å². The molecular weight excluding hydrogens is 132 g/mol. The highest BCUT2D eigenvalue weighted by atomic mass is 16.3. The van der Waals surface area contributed by atoms with Crippen LogP contribution >= 0.6 is 0 Å². The minimum atomic E-state index is -0.449. The fraction of sp³-hybridized carbons (Fsp3) is 0.333. The third-order valence-electron chi connectivity index (χ3n) is 1.01. The summed E-state index contributed by atoms with van der Waals surface area (Å²) >= 11 is 0. The molecule has 1 amide bonds. The fourth-order valence-corrected chi connectivity index (χ4v) is 0.469. The average molecular weight is 142 g/mol. The van der Waals surface area contributed by atoms with E-state index in [0.717, 1.165) is 6.21 Å². The van der Waals surface area contributed by atoms with Crippen molar-refractivity contribution in [3.8, 4) is 0 Å². The number of hydrogen-bond donors (Lipinski definition) is 3. The van der Waals surface area contributed by atoms with Gasteiger partial charge in [0.15, 0.2) is 0 Å². The molecule has 0 atom stereocenters. The summed E-state index contributed by atoms with van der Waals surface area (Å²) in [4.78, 5) is 10.7. The number of amides is 1. The minimum absolute atomic E-state index is 0.0116. The number of rotatable bonds is 2. The number of carbonyl (C=O) groups is 1. The van der Waals surface area contributed by atoms with E-state index in [1.54, 1.807) is 0 Å². The predicted molar refractivity (Wildman–Crippen MR) is 38.2 cm³/mol. The second kappa shape index (κ2) is 3.66. The lowest BCUT2D eigenvalue weighted by Gasteiger charge is -1.98. The summed E-state index contributed by atoms with van der Waals surface area (Å²) in [5.41, 5.74) is -0.0116. The molecule has 0 rings (SSSR count). The van der Waals surface area contributed by atoms with Gasteiger partial charge >= 0.3 is 0 Å². The Kier molecular flexibility index (Phi) is 3.17. The number of aliphatic hydroxyl groups excluding tert-OH is 1. The summed E-state index contributed by atoms with van der Waals surface area (Å²) in [7, 11) is 1.44. The Morgan fingerprint density at radius 2 is 2.20 bits per heavy atom. The number of likely N-dealkylation sites (N-methyl/N-ethyl adjacent to an activating group) is 1. The van der Waals surface area contributed by atoms with E-state index in [0.29, 0.717) is 0 Å². The molecule has 0 unspecified atom stereocenters. The van der Waals surface area contributed by atoms with Crippen LogP contribution in [-0.2, 0) is 4.79 Å². The van der Waals surface area contributed by atoms with Crippen molar-refractivity contribution in [2.45, 2.75) is 6.92 Å². The Morgan fingerprint density at radius 1 is 1.70 bits per heavy atom. The molecule has 0 aromatic carbocycles. The number of allylic oxidation sites excluding steroid dienone is 1. The highest BCUT2D eigenvalue weighted by molar-refractivity contribution is 6.11. The molecule has 0 aliphatic carbocycles. The molecule has 56 valence electrons. The summed E-state index contributed by atoms with van der Waals surface area (Å²) in [6.07, 6.45) is 0.814. The van der Waals surface area contributed by atoms with Crippen LogP contribution < -0.4 is 5.32 Å². The lowest BCUT2D eigenvalue weighted by molar-refractivity contribution is -0.116. The van der Waals surface area contributed by atoms with Crippen LogP contribution in [0, 0.1) is 5.41 Å². The minimum Gasteiger partial charge on any atom is -0.512 e. The van der Waals surface area contributed by atoms with Crippen molar-refractivity contribution in [2.24, 2.45) is 0 Å². The van der Waals surface area contributed by atoms with Crippen molar-refractivity contribution in [2.75, 3.05) is 7.05 Å². The first kappa shape index (κ1) is 8.68. The summed E-state index contributed by atoms with van der Waals surface area (Å²) in [6.45, 7) is 1.36. The highest BCUT2D eigenvalue weighted by Crippen LogP contribution is 1.95. The lowest BCUT2D eigenvalue weighted by atomic mass is 10.2. The molecule has 0 saturated heterocycles. The number of nitrogens with one attached hydrogen (secondary N) is 2. The van der Waals surface area contributed by atoms with Crippen LogP contribution in [0.5, 0.6) is 0 Å². The second-order valence-corrected chi connectivity index (χ2v) is 1.72. The van der Waals surface area contributed by atoms with Gasteiger partial charge in [-0.2, -0.15) is 0 Å². The van der Waals surface area contributed by atoms with E-state index in [1.165, 1.54) is 14.0 Å². The van der Waals surface area contributed by atoms with E-state index in [1.807, 2.05) is 0 Å². The molecule has 0 spiro atoms. The first-order valence-electron chi connectivity index (χ1n) is 2.76. The number of aliphatic hydroxyl groups is 1. The molecule has 0 aromatic rings. The van der Waals surface area contributed by atoms with Crippen LogP contribution in [0.25, 0.3) is 0 Å². The Balaban J connectivity index is 4.53. The summed E-state index contributed by atoms with van der Waals surface area (Å²) in [5.74, 6) is -0.593. The largest absolute Gasteiger partial charge is 0.512 e. The average Bonchev–Trinajstić information content (AvgIpc) is 1.88. The van der Waals surface area contributed by atoms with Crippen LogP contribution in [0.4, 0.5) is 0 Å². The normalized spacial score (nSPS) is 11.8. The molecular formula is C6H10N2O2. The first-order valence-corrected chi connectivity index (χ1v) is 2.76. The maximum absolute atomic E-state index is 10.7. The van der Waals surface area contributed by atoms with E-state index >= 15 is 0 Å². The van der Waals surface area contributed by atoms with E-state index in [-0.39, 0.29) is 11.3 Å². The standard InChI is InChI=1S/C6H10N2O2/c1-4(9)5(3-7)6(10)8-2/h3,7,9H,1-2H3,(H,8,10)/b5-4+,7-3?. The predicted octanol–water partition coefficient (Wildman–Crippen LogP) is 0.214. The van der Waals surface area contributed by atoms with Gasteiger partial charge in [-0.3, -0.25) is 4.79 Å². The van der Waals surface area contributed by atoms with Crippen LogP contribution in [0.15, 0.2) is 11.3 Å². The molecule has 0 heterocycles. The van der Waals surface area contributed by atoms with Crippen LogP contribution in [0.2, 0.25) is 0 Å². The molecule has 0 aromatic heterocycles. The van der Waals surface area contributed by atoms with Crippen molar-refractivity contribution in [3.05, 3.63) is 11.3 Å². The maximum Gasteiger partial charge on any atom is 0.255 e. The zero-order valence-electron chi connectivity index (χ0n) is 5.93. The van der Waals surface area contributed by atoms with Crippen molar-refractivity contribution >= 4 is 12.1 Å². The number of carbonyl (C=O) groups excluding carboxylic acids is 1. The Bertz CT molecular complexity index is 180. The monoisotopic (exact) mass is 142 g/mol. The molecule has 0 radical (unpaired) electrons.